The van der Waals surface area contributed by atoms with E-state index in [0.29, 0.717) is 0 Å². The van der Waals surface area contributed by atoms with Crippen molar-refractivity contribution in [2.45, 2.75) is 45.4 Å². The van der Waals surface area contributed by atoms with E-state index in [4.69, 9.17) is 9.47 Å². The van der Waals surface area contributed by atoms with Crippen molar-refractivity contribution < 1.29 is 33.4 Å². The molecule has 8 nitrogen and oxygen atoms in total. The van der Waals surface area contributed by atoms with Crippen LogP contribution in [-0.2, 0) is 33.4 Å². The number of ether oxygens (including phenoxy) is 3. The van der Waals surface area contributed by atoms with Crippen molar-refractivity contribution >= 4 is 23.8 Å². The summed E-state index contributed by atoms with van der Waals surface area (Å²) in [6, 6.07) is -0.625. The van der Waals surface area contributed by atoms with Crippen molar-refractivity contribution in [3.8, 4) is 0 Å². The Bertz CT molecular complexity index is 448. The van der Waals surface area contributed by atoms with E-state index < -0.39 is 42.1 Å². The van der Waals surface area contributed by atoms with Crippen LogP contribution in [0.5, 0.6) is 0 Å². The number of hydrogen-bond donors (Lipinski definition) is 1. The molecule has 1 amide bonds. The minimum Gasteiger partial charge on any atom is -0.469 e. The molecule has 4 unspecified atom stereocenters. The third-order valence-corrected chi connectivity index (χ3v) is 3.12. The normalized spacial score (nSPS) is 27.6. The van der Waals surface area contributed by atoms with Gasteiger partial charge < -0.3 is 19.5 Å². The van der Waals surface area contributed by atoms with Crippen LogP contribution in [0.4, 0.5) is 0 Å². The summed E-state index contributed by atoms with van der Waals surface area (Å²) in [5.41, 5.74) is 0. The molecule has 1 aliphatic carbocycles. The number of rotatable bonds is 4. The summed E-state index contributed by atoms with van der Waals surface area (Å²) in [4.78, 5) is 45.5. The van der Waals surface area contributed by atoms with Gasteiger partial charge >= 0.3 is 17.9 Å². The minimum absolute atomic E-state index is 0.155. The highest BCUT2D eigenvalue weighted by Gasteiger charge is 2.51. The number of carbonyl (C=O) groups excluding carboxylic acids is 4. The van der Waals surface area contributed by atoms with Gasteiger partial charge in [0, 0.05) is 20.8 Å². The first-order valence-corrected chi connectivity index (χ1v) is 6.45. The molecule has 0 aromatic carbocycles. The average molecular weight is 301 g/mol. The van der Waals surface area contributed by atoms with Gasteiger partial charge in [0.1, 0.15) is 0 Å². The molecule has 0 saturated heterocycles. The molecule has 0 spiro atoms. The van der Waals surface area contributed by atoms with Gasteiger partial charge in [0.05, 0.1) is 19.1 Å². The van der Waals surface area contributed by atoms with Crippen molar-refractivity contribution in [2.24, 2.45) is 5.92 Å². The van der Waals surface area contributed by atoms with E-state index in [1.807, 2.05) is 0 Å². The zero-order valence-electron chi connectivity index (χ0n) is 12.4. The number of nitrogens with one attached hydrogen (secondary N) is 1. The molecule has 0 aromatic rings. The summed E-state index contributed by atoms with van der Waals surface area (Å²) in [6.45, 7) is 3.68. The molecule has 0 heterocycles. The second kappa shape index (κ2) is 7.05. The second-order valence-corrected chi connectivity index (χ2v) is 4.82. The molecule has 1 N–H and O–H groups in total. The first-order chi connectivity index (χ1) is 9.76. The van der Waals surface area contributed by atoms with Crippen molar-refractivity contribution in [2.75, 3.05) is 7.11 Å². The van der Waals surface area contributed by atoms with Gasteiger partial charge in [-0.1, -0.05) is 0 Å². The molecule has 1 aliphatic rings. The van der Waals surface area contributed by atoms with Crippen molar-refractivity contribution in [1.82, 2.24) is 5.32 Å². The van der Waals surface area contributed by atoms with Crippen molar-refractivity contribution in [3.05, 3.63) is 0 Å². The van der Waals surface area contributed by atoms with E-state index in [-0.39, 0.29) is 12.3 Å². The Hall–Kier alpha value is -2.12. The number of carbonyl (C=O) groups is 4. The van der Waals surface area contributed by atoms with E-state index in [1.54, 1.807) is 0 Å². The molecule has 0 radical (unpaired) electrons. The minimum atomic E-state index is -0.990. The van der Waals surface area contributed by atoms with E-state index >= 15 is 0 Å². The zero-order valence-corrected chi connectivity index (χ0v) is 12.4. The Kier molecular flexibility index (Phi) is 5.69. The molecule has 118 valence electrons. The third kappa shape index (κ3) is 4.44. The number of hydrogen-bond acceptors (Lipinski definition) is 7. The van der Waals surface area contributed by atoms with Crippen LogP contribution in [0.15, 0.2) is 0 Å². The Morgan fingerprint density at radius 2 is 1.48 bits per heavy atom. The molecule has 8 heteroatoms. The van der Waals surface area contributed by atoms with Gasteiger partial charge in [0.25, 0.3) is 0 Å². The van der Waals surface area contributed by atoms with Gasteiger partial charge in [0.15, 0.2) is 12.2 Å². The Balaban J connectivity index is 3.05. The highest BCUT2D eigenvalue weighted by atomic mass is 16.6. The molecular formula is C13H19NO7. The molecule has 1 fully saturated rings. The molecule has 1 rings (SSSR count). The van der Waals surface area contributed by atoms with E-state index in [0.717, 1.165) is 0 Å². The molecule has 0 aliphatic heterocycles. The molecule has 4 atom stereocenters. The van der Waals surface area contributed by atoms with Crippen molar-refractivity contribution in [3.63, 3.8) is 0 Å². The number of methoxy groups -OCH3 is 1. The fourth-order valence-corrected chi connectivity index (χ4v) is 2.47. The van der Waals surface area contributed by atoms with Crippen LogP contribution in [0.1, 0.15) is 27.2 Å². The highest BCUT2D eigenvalue weighted by molar-refractivity contribution is 5.77. The maximum Gasteiger partial charge on any atom is 0.312 e. The maximum absolute atomic E-state index is 11.8. The standard InChI is InChI=1S/C13H19NO7/c1-6(15)14-10-5-9(13(18)19-4)11(20-7(2)16)12(10)21-8(3)17/h9-12H,5H2,1-4H3,(H,14,15). The summed E-state index contributed by atoms with van der Waals surface area (Å²) in [5.74, 6) is -2.96. The van der Waals surface area contributed by atoms with Gasteiger partial charge in [0.2, 0.25) is 5.91 Å². The zero-order chi connectivity index (χ0) is 16.2. The van der Waals surface area contributed by atoms with Gasteiger partial charge in [-0.25, -0.2) is 0 Å². The maximum atomic E-state index is 11.8. The fraction of sp³-hybridized carbons (Fsp3) is 0.692. The monoisotopic (exact) mass is 301 g/mol. The predicted octanol–water partition coefficient (Wildman–Crippen LogP) is -0.453. The highest BCUT2D eigenvalue weighted by Crippen LogP contribution is 2.32. The third-order valence-electron chi connectivity index (χ3n) is 3.12. The first kappa shape index (κ1) is 16.9. The summed E-state index contributed by atoms with van der Waals surface area (Å²) in [5, 5.41) is 2.59. The SMILES string of the molecule is COC(=O)C1CC(NC(C)=O)C(OC(C)=O)C1OC(C)=O. The fourth-order valence-electron chi connectivity index (χ4n) is 2.47. The quantitative estimate of drug-likeness (QED) is 0.553. The molecule has 0 bridgehead atoms. The van der Waals surface area contributed by atoms with E-state index in [2.05, 4.69) is 10.1 Å². The van der Waals surface area contributed by atoms with Gasteiger partial charge in [-0.2, -0.15) is 0 Å². The van der Waals surface area contributed by atoms with Crippen LogP contribution in [0, 0.1) is 5.92 Å². The molecule has 21 heavy (non-hydrogen) atoms. The molecular weight excluding hydrogens is 282 g/mol. The van der Waals surface area contributed by atoms with Crippen LogP contribution in [0.3, 0.4) is 0 Å². The van der Waals surface area contributed by atoms with Gasteiger partial charge in [-0.15, -0.1) is 0 Å². The second-order valence-electron chi connectivity index (χ2n) is 4.82. The first-order valence-electron chi connectivity index (χ1n) is 6.45. The lowest BCUT2D eigenvalue weighted by Gasteiger charge is -2.25. The predicted molar refractivity (Wildman–Crippen MR) is 68.8 cm³/mol. The summed E-state index contributed by atoms with van der Waals surface area (Å²) < 4.78 is 14.9. The Labute approximate surface area is 122 Å². The Morgan fingerprint density at radius 3 is 1.90 bits per heavy atom. The number of esters is 3. The largest absolute Gasteiger partial charge is 0.469 e. The van der Waals surface area contributed by atoms with E-state index in [9.17, 15) is 19.2 Å². The average Bonchev–Trinajstić information content (AvgIpc) is 2.65. The summed E-state index contributed by atoms with van der Waals surface area (Å²) in [6.07, 6.45) is -1.77. The van der Waals surface area contributed by atoms with Crippen LogP contribution in [-0.4, -0.2) is 49.2 Å². The van der Waals surface area contributed by atoms with Crippen LogP contribution < -0.4 is 5.32 Å². The lowest BCUT2D eigenvalue weighted by molar-refractivity contribution is -0.170. The van der Waals surface area contributed by atoms with Gasteiger partial charge in [-0.05, 0) is 6.42 Å². The summed E-state index contributed by atoms with van der Waals surface area (Å²) in [7, 11) is 1.21. The van der Waals surface area contributed by atoms with Crippen LogP contribution >= 0.6 is 0 Å². The Morgan fingerprint density at radius 1 is 0.952 bits per heavy atom. The topological polar surface area (TPSA) is 108 Å². The number of amides is 1. The van der Waals surface area contributed by atoms with Crippen molar-refractivity contribution in [1.29, 1.82) is 0 Å². The molecule has 0 aromatic heterocycles. The van der Waals surface area contributed by atoms with E-state index in [1.165, 1.54) is 27.9 Å². The molecule has 1 saturated carbocycles. The summed E-state index contributed by atoms with van der Waals surface area (Å²) >= 11 is 0. The lowest BCUT2D eigenvalue weighted by atomic mass is 10.1. The smallest absolute Gasteiger partial charge is 0.312 e. The van der Waals surface area contributed by atoms with Crippen LogP contribution in [0.25, 0.3) is 0 Å². The lowest BCUT2D eigenvalue weighted by Crippen LogP contribution is -2.46. The van der Waals surface area contributed by atoms with Gasteiger partial charge in [-0.3, -0.25) is 19.2 Å². The van der Waals surface area contributed by atoms with Crippen LogP contribution in [0.2, 0.25) is 0 Å².